The highest BCUT2D eigenvalue weighted by Crippen LogP contribution is 2.62. The molecule has 4 unspecified atom stereocenters. The zero-order chi connectivity index (χ0) is 16.5. The zero-order valence-electron chi connectivity index (χ0n) is 14.2. The maximum Gasteiger partial charge on any atom is 0.227 e. The molecule has 4 heteroatoms. The minimum Gasteiger partial charge on any atom is -0.339 e. The minimum atomic E-state index is -0.0285. The summed E-state index contributed by atoms with van der Waals surface area (Å²) in [5.41, 5.74) is 0.598. The summed E-state index contributed by atoms with van der Waals surface area (Å²) in [5.74, 6) is 0.518. The Morgan fingerprint density at radius 2 is 1.77 bits per heavy atom. The predicted molar refractivity (Wildman–Crippen MR) is 91.8 cm³/mol. The molecule has 2 aliphatic carbocycles. The van der Waals surface area contributed by atoms with E-state index in [2.05, 4.69) is 39.5 Å². The van der Waals surface area contributed by atoms with Crippen molar-refractivity contribution in [3.8, 4) is 0 Å². The van der Waals surface area contributed by atoms with Crippen LogP contribution in [-0.2, 0) is 4.79 Å². The van der Waals surface area contributed by atoms with Gasteiger partial charge in [0, 0.05) is 12.6 Å². The molecule has 22 heavy (non-hydrogen) atoms. The van der Waals surface area contributed by atoms with Crippen molar-refractivity contribution in [2.24, 2.45) is 28.1 Å². The van der Waals surface area contributed by atoms with Crippen LogP contribution < -0.4 is 0 Å². The van der Waals surface area contributed by atoms with E-state index in [-0.39, 0.29) is 27.2 Å². The van der Waals surface area contributed by atoms with Crippen LogP contribution in [0.15, 0.2) is 10.6 Å². The van der Waals surface area contributed by atoms with Crippen LogP contribution in [0.5, 0.6) is 0 Å². The topological polar surface area (TPSA) is 20.3 Å². The van der Waals surface area contributed by atoms with E-state index < -0.39 is 0 Å². The van der Waals surface area contributed by atoms with E-state index in [4.69, 9.17) is 23.2 Å². The smallest absolute Gasteiger partial charge is 0.227 e. The van der Waals surface area contributed by atoms with Gasteiger partial charge in [0.05, 0.1) is 5.92 Å². The van der Waals surface area contributed by atoms with Crippen LogP contribution >= 0.6 is 23.2 Å². The van der Waals surface area contributed by atoms with Crippen molar-refractivity contribution in [1.82, 2.24) is 4.90 Å². The Labute approximate surface area is 144 Å². The van der Waals surface area contributed by atoms with Crippen LogP contribution in [0.2, 0.25) is 0 Å². The molecule has 0 spiro atoms. The molecule has 4 atom stereocenters. The molecule has 2 bridgehead atoms. The molecule has 124 valence electrons. The normalized spacial score (nSPS) is 41.2. The van der Waals surface area contributed by atoms with Gasteiger partial charge in [0.1, 0.15) is 4.49 Å². The summed E-state index contributed by atoms with van der Waals surface area (Å²) in [6, 6.07) is 0.411. The van der Waals surface area contributed by atoms with Crippen LogP contribution in [0.3, 0.4) is 0 Å². The maximum absolute atomic E-state index is 13.1. The van der Waals surface area contributed by atoms with Gasteiger partial charge in [-0.2, -0.15) is 0 Å². The third-order valence-corrected chi connectivity index (χ3v) is 6.43. The second kappa shape index (κ2) is 4.89. The first-order valence-electron chi connectivity index (χ1n) is 8.29. The average molecular weight is 344 g/mol. The highest BCUT2D eigenvalue weighted by Gasteiger charge is 2.63. The Morgan fingerprint density at radius 1 is 1.14 bits per heavy atom. The van der Waals surface area contributed by atoms with Crippen molar-refractivity contribution in [2.75, 3.05) is 6.54 Å². The first-order chi connectivity index (χ1) is 9.95. The zero-order valence-corrected chi connectivity index (χ0v) is 15.8. The number of hydrogen-bond acceptors (Lipinski definition) is 1. The summed E-state index contributed by atoms with van der Waals surface area (Å²) < 4.78 is 0.279. The van der Waals surface area contributed by atoms with Gasteiger partial charge in [0.15, 0.2) is 0 Å². The number of rotatable bonds is 2. The fourth-order valence-electron chi connectivity index (χ4n) is 5.49. The second-order valence-corrected chi connectivity index (χ2v) is 10.5. The maximum atomic E-state index is 13.1. The number of hydrogen-bond donors (Lipinski definition) is 0. The van der Waals surface area contributed by atoms with Crippen molar-refractivity contribution in [3.63, 3.8) is 0 Å². The molecule has 1 heterocycles. The van der Waals surface area contributed by atoms with Crippen molar-refractivity contribution in [3.05, 3.63) is 10.6 Å². The van der Waals surface area contributed by atoms with Gasteiger partial charge in [-0.25, -0.2) is 0 Å². The fraction of sp³-hybridized carbons (Fsp3) is 0.833. The lowest BCUT2D eigenvalue weighted by atomic mass is 9.65. The van der Waals surface area contributed by atoms with Gasteiger partial charge in [-0.3, -0.25) is 4.79 Å². The van der Waals surface area contributed by atoms with E-state index in [0.29, 0.717) is 17.4 Å². The summed E-state index contributed by atoms with van der Waals surface area (Å²) in [7, 11) is 0. The third kappa shape index (κ3) is 2.71. The Bertz CT molecular complexity index is 535. The van der Waals surface area contributed by atoms with E-state index in [1.54, 1.807) is 0 Å². The van der Waals surface area contributed by atoms with Gasteiger partial charge in [-0.05, 0) is 47.5 Å². The van der Waals surface area contributed by atoms with Gasteiger partial charge in [0.25, 0.3) is 0 Å². The Morgan fingerprint density at radius 3 is 2.36 bits per heavy atom. The quantitative estimate of drug-likeness (QED) is 0.690. The first kappa shape index (κ1) is 16.6. The Kier molecular flexibility index (Phi) is 3.70. The van der Waals surface area contributed by atoms with E-state index >= 15 is 0 Å². The summed E-state index contributed by atoms with van der Waals surface area (Å²) in [6.07, 6.45) is 5.34. The summed E-state index contributed by atoms with van der Waals surface area (Å²) in [5, 5.41) is 0. The van der Waals surface area contributed by atoms with Gasteiger partial charge in [-0.15, -0.1) is 0 Å². The number of amides is 1. The number of carbonyl (C=O) groups excluding carboxylic acids is 1. The van der Waals surface area contributed by atoms with E-state index in [1.807, 2.05) is 6.08 Å². The monoisotopic (exact) mass is 343 g/mol. The fourth-order valence-corrected chi connectivity index (χ4v) is 5.76. The predicted octanol–water partition coefficient (Wildman–Crippen LogP) is 5.00. The number of allylic oxidation sites excluding steroid dienone is 1. The average Bonchev–Trinajstić information content (AvgIpc) is 2.70. The standard InChI is InChI=1S/C18H27Cl2NO/c1-16(2)7-11-8-18(5,9-16)10-21(11)15(22)14-12(6-13(19)20)17(14,3)4/h6,11-12,14H,7-10H2,1-5H3. The molecule has 2 saturated carbocycles. The SMILES string of the molecule is CC1(C)CC2CC(C)(CN2C(=O)C2C(C=C(Cl)Cl)C2(C)C)C1. The molecule has 3 rings (SSSR count). The van der Waals surface area contributed by atoms with E-state index in [0.717, 1.165) is 19.4 Å². The molecule has 1 aliphatic heterocycles. The first-order valence-corrected chi connectivity index (χ1v) is 9.04. The van der Waals surface area contributed by atoms with Crippen LogP contribution in [0.4, 0.5) is 0 Å². The number of carbonyl (C=O) groups is 1. The minimum absolute atomic E-state index is 0.0285. The molecule has 0 radical (unpaired) electrons. The third-order valence-electron chi connectivity index (χ3n) is 6.18. The molecule has 1 saturated heterocycles. The molecule has 0 aromatic rings. The lowest BCUT2D eigenvalue weighted by molar-refractivity contribution is -0.134. The van der Waals surface area contributed by atoms with Gasteiger partial charge < -0.3 is 4.90 Å². The van der Waals surface area contributed by atoms with Crippen molar-refractivity contribution in [2.45, 2.75) is 59.9 Å². The molecular formula is C18H27Cl2NO. The summed E-state index contributed by atoms with van der Waals surface area (Å²) in [4.78, 5) is 15.3. The van der Waals surface area contributed by atoms with Crippen LogP contribution in [0.1, 0.15) is 53.9 Å². The lowest BCUT2D eigenvalue weighted by Crippen LogP contribution is -2.39. The van der Waals surface area contributed by atoms with E-state index in [9.17, 15) is 4.79 Å². The summed E-state index contributed by atoms with van der Waals surface area (Å²) in [6.45, 7) is 12.2. The molecule has 0 aromatic carbocycles. The summed E-state index contributed by atoms with van der Waals surface area (Å²) >= 11 is 11.6. The molecular weight excluding hydrogens is 317 g/mol. The Balaban J connectivity index is 1.79. The van der Waals surface area contributed by atoms with Crippen LogP contribution in [0, 0.1) is 28.1 Å². The molecule has 0 N–H and O–H groups in total. The van der Waals surface area contributed by atoms with Gasteiger partial charge in [-0.1, -0.05) is 57.8 Å². The highest BCUT2D eigenvalue weighted by molar-refractivity contribution is 6.55. The van der Waals surface area contributed by atoms with Crippen molar-refractivity contribution >= 4 is 29.1 Å². The number of likely N-dealkylation sites (tertiary alicyclic amines) is 1. The molecule has 3 aliphatic rings. The highest BCUT2D eigenvalue weighted by atomic mass is 35.5. The van der Waals surface area contributed by atoms with E-state index in [1.165, 1.54) is 6.42 Å². The Hall–Kier alpha value is -0.210. The lowest BCUT2D eigenvalue weighted by Gasteiger charge is -2.39. The number of fused-ring (bicyclic) bond motifs is 2. The van der Waals surface area contributed by atoms with Crippen molar-refractivity contribution in [1.29, 1.82) is 0 Å². The van der Waals surface area contributed by atoms with Gasteiger partial charge in [0.2, 0.25) is 5.91 Å². The van der Waals surface area contributed by atoms with Crippen LogP contribution in [-0.4, -0.2) is 23.4 Å². The largest absolute Gasteiger partial charge is 0.339 e. The molecule has 0 aromatic heterocycles. The van der Waals surface area contributed by atoms with Gasteiger partial charge >= 0.3 is 0 Å². The molecule has 1 amide bonds. The number of nitrogens with zero attached hydrogens (tertiary/aromatic N) is 1. The number of halogens is 2. The molecule has 2 nitrogen and oxygen atoms in total. The van der Waals surface area contributed by atoms with Crippen molar-refractivity contribution < 1.29 is 4.79 Å². The second-order valence-electron chi connectivity index (χ2n) is 9.46. The molecule has 3 fully saturated rings. The van der Waals surface area contributed by atoms with Crippen LogP contribution in [0.25, 0.3) is 0 Å².